The van der Waals surface area contributed by atoms with Crippen LogP contribution in [0.15, 0.2) is 48.5 Å². The normalized spacial score (nSPS) is 10.3. The van der Waals surface area contributed by atoms with Crippen LogP contribution in [0, 0.1) is 0 Å². The number of ether oxygens (including phenoxy) is 2. The van der Waals surface area contributed by atoms with E-state index in [1.54, 1.807) is 31.2 Å². The summed E-state index contributed by atoms with van der Waals surface area (Å²) in [5.41, 5.74) is 2.42. The van der Waals surface area contributed by atoms with Crippen LogP contribution in [0.2, 0.25) is 0 Å². The van der Waals surface area contributed by atoms with Gasteiger partial charge in [0.25, 0.3) is 0 Å². The van der Waals surface area contributed by atoms with E-state index >= 15 is 0 Å². The number of aryl methyl sites for hydroxylation is 1. The lowest BCUT2D eigenvalue weighted by Gasteiger charge is -2.08. The molecule has 0 heterocycles. The second kappa shape index (κ2) is 11.0. The minimum absolute atomic E-state index is 0.0826. The number of anilines is 1. The molecule has 0 spiro atoms. The monoisotopic (exact) mass is 369 g/mol. The second-order valence-electron chi connectivity index (χ2n) is 6.19. The fraction of sp³-hybridized carbons (Fsp3) is 0.364. The van der Waals surface area contributed by atoms with Crippen molar-refractivity contribution in [2.24, 2.45) is 0 Å². The van der Waals surface area contributed by atoms with Gasteiger partial charge in [-0.05, 0) is 61.7 Å². The Morgan fingerprint density at radius 1 is 0.963 bits per heavy atom. The molecule has 0 unspecified atom stereocenters. The maximum absolute atomic E-state index is 12.0. The molecule has 1 amide bonds. The molecule has 27 heavy (non-hydrogen) atoms. The topological polar surface area (TPSA) is 64.6 Å². The third kappa shape index (κ3) is 7.13. The van der Waals surface area contributed by atoms with E-state index in [-0.39, 0.29) is 11.9 Å². The molecule has 0 atom stereocenters. The molecule has 0 saturated heterocycles. The molecule has 2 rings (SSSR count). The van der Waals surface area contributed by atoms with Crippen LogP contribution in [-0.4, -0.2) is 25.1 Å². The van der Waals surface area contributed by atoms with Gasteiger partial charge in [0.2, 0.25) is 5.91 Å². The van der Waals surface area contributed by atoms with Gasteiger partial charge in [0.1, 0.15) is 5.75 Å². The highest BCUT2D eigenvalue weighted by Crippen LogP contribution is 2.14. The predicted octanol–water partition coefficient (Wildman–Crippen LogP) is 4.61. The summed E-state index contributed by atoms with van der Waals surface area (Å²) in [6.45, 7) is 4.74. The van der Waals surface area contributed by atoms with Gasteiger partial charge in [-0.15, -0.1) is 0 Å². The molecular formula is C22H27NO4. The average molecular weight is 369 g/mol. The maximum Gasteiger partial charge on any atom is 0.338 e. The smallest absolute Gasteiger partial charge is 0.338 e. The number of hydrogen-bond donors (Lipinski definition) is 1. The van der Waals surface area contributed by atoms with Crippen molar-refractivity contribution in [1.82, 2.24) is 0 Å². The molecule has 0 saturated carbocycles. The van der Waals surface area contributed by atoms with Crippen molar-refractivity contribution in [2.75, 3.05) is 18.5 Å². The predicted molar refractivity (Wildman–Crippen MR) is 106 cm³/mol. The van der Waals surface area contributed by atoms with Crippen molar-refractivity contribution >= 4 is 17.6 Å². The highest BCUT2D eigenvalue weighted by molar-refractivity contribution is 5.93. The van der Waals surface area contributed by atoms with E-state index in [2.05, 4.69) is 24.4 Å². The summed E-state index contributed by atoms with van der Waals surface area (Å²) in [6.07, 6.45) is 3.19. The molecule has 1 N–H and O–H groups in total. The number of carbonyl (C=O) groups excluding carboxylic acids is 2. The number of carbonyl (C=O) groups is 2. The summed E-state index contributed by atoms with van der Waals surface area (Å²) in [4.78, 5) is 23.6. The SMILES string of the molecule is CCCc1ccc(OCCCC(=O)Nc2ccc(C(=O)OCC)cc2)cc1. The lowest BCUT2D eigenvalue weighted by Crippen LogP contribution is -2.13. The Morgan fingerprint density at radius 2 is 1.67 bits per heavy atom. The third-order valence-electron chi connectivity index (χ3n) is 3.96. The number of amides is 1. The summed E-state index contributed by atoms with van der Waals surface area (Å²) in [7, 11) is 0. The minimum atomic E-state index is -0.366. The van der Waals surface area contributed by atoms with E-state index < -0.39 is 0 Å². The lowest BCUT2D eigenvalue weighted by atomic mass is 10.1. The summed E-state index contributed by atoms with van der Waals surface area (Å²) in [5, 5.41) is 2.81. The standard InChI is InChI=1S/C22H27NO4/c1-3-6-17-8-14-20(15-9-17)27-16-5-7-21(24)23-19-12-10-18(11-13-19)22(25)26-4-2/h8-15H,3-7,16H2,1-2H3,(H,23,24). The van der Waals surface area contributed by atoms with E-state index in [1.165, 1.54) is 5.56 Å². The van der Waals surface area contributed by atoms with Gasteiger partial charge in [0.05, 0.1) is 18.8 Å². The molecule has 2 aromatic rings. The van der Waals surface area contributed by atoms with Crippen LogP contribution in [0.3, 0.4) is 0 Å². The third-order valence-corrected chi connectivity index (χ3v) is 3.96. The van der Waals surface area contributed by atoms with Gasteiger partial charge >= 0.3 is 5.97 Å². The van der Waals surface area contributed by atoms with Gasteiger partial charge in [-0.1, -0.05) is 25.5 Å². The number of nitrogens with one attached hydrogen (secondary N) is 1. The first kappa shape index (κ1) is 20.5. The van der Waals surface area contributed by atoms with E-state index in [0.29, 0.717) is 37.3 Å². The molecule has 2 aromatic carbocycles. The zero-order chi connectivity index (χ0) is 19.5. The van der Waals surface area contributed by atoms with Crippen LogP contribution < -0.4 is 10.1 Å². The number of rotatable bonds is 10. The molecule has 0 radical (unpaired) electrons. The molecule has 144 valence electrons. The molecule has 0 bridgehead atoms. The lowest BCUT2D eigenvalue weighted by molar-refractivity contribution is -0.116. The maximum atomic E-state index is 12.0. The minimum Gasteiger partial charge on any atom is -0.494 e. The van der Waals surface area contributed by atoms with Gasteiger partial charge in [-0.2, -0.15) is 0 Å². The Bertz CT molecular complexity index is 723. The van der Waals surface area contributed by atoms with Gasteiger partial charge in [-0.25, -0.2) is 4.79 Å². The first-order valence-corrected chi connectivity index (χ1v) is 9.41. The van der Waals surface area contributed by atoms with Crippen LogP contribution >= 0.6 is 0 Å². The molecule has 0 fully saturated rings. The average Bonchev–Trinajstić information content (AvgIpc) is 2.67. The Kier molecular flexibility index (Phi) is 8.36. The first-order valence-electron chi connectivity index (χ1n) is 9.41. The zero-order valence-corrected chi connectivity index (χ0v) is 16.0. The molecule has 0 aliphatic carbocycles. The number of esters is 1. The number of hydrogen-bond acceptors (Lipinski definition) is 4. The summed E-state index contributed by atoms with van der Waals surface area (Å²) < 4.78 is 10.6. The Balaban J connectivity index is 1.69. The highest BCUT2D eigenvalue weighted by Gasteiger charge is 2.07. The van der Waals surface area contributed by atoms with Crippen LogP contribution in [0.4, 0.5) is 5.69 Å². The fourth-order valence-electron chi connectivity index (χ4n) is 2.59. The molecule has 0 aromatic heterocycles. The molecule has 5 heteroatoms. The number of benzene rings is 2. The summed E-state index contributed by atoms with van der Waals surface area (Å²) >= 11 is 0. The molecule has 0 aliphatic heterocycles. The molecule has 5 nitrogen and oxygen atoms in total. The van der Waals surface area contributed by atoms with Gasteiger partial charge < -0.3 is 14.8 Å². The van der Waals surface area contributed by atoms with Crippen LogP contribution in [0.25, 0.3) is 0 Å². The van der Waals surface area contributed by atoms with Crippen LogP contribution in [-0.2, 0) is 16.0 Å². The van der Waals surface area contributed by atoms with Gasteiger partial charge in [0, 0.05) is 12.1 Å². The van der Waals surface area contributed by atoms with Gasteiger partial charge in [-0.3, -0.25) is 4.79 Å². The van der Waals surface area contributed by atoms with Gasteiger partial charge in [0.15, 0.2) is 0 Å². The molecular weight excluding hydrogens is 342 g/mol. The van der Waals surface area contributed by atoms with E-state index in [9.17, 15) is 9.59 Å². The van der Waals surface area contributed by atoms with Crippen molar-refractivity contribution in [3.8, 4) is 5.75 Å². The van der Waals surface area contributed by atoms with E-state index in [0.717, 1.165) is 18.6 Å². The van der Waals surface area contributed by atoms with Crippen LogP contribution in [0.1, 0.15) is 49.0 Å². The summed E-state index contributed by atoms with van der Waals surface area (Å²) in [6, 6.07) is 14.7. The van der Waals surface area contributed by atoms with Crippen LogP contribution in [0.5, 0.6) is 5.75 Å². The van der Waals surface area contributed by atoms with E-state index in [4.69, 9.17) is 9.47 Å². The molecule has 0 aliphatic rings. The van der Waals surface area contributed by atoms with Crippen molar-refractivity contribution in [3.05, 3.63) is 59.7 Å². The zero-order valence-electron chi connectivity index (χ0n) is 16.0. The van der Waals surface area contributed by atoms with E-state index in [1.807, 2.05) is 12.1 Å². The van der Waals surface area contributed by atoms with Crippen molar-refractivity contribution in [1.29, 1.82) is 0 Å². The fourth-order valence-corrected chi connectivity index (χ4v) is 2.59. The van der Waals surface area contributed by atoms with Crippen molar-refractivity contribution < 1.29 is 19.1 Å². The van der Waals surface area contributed by atoms with Crippen molar-refractivity contribution in [2.45, 2.75) is 39.5 Å². The Morgan fingerprint density at radius 3 is 2.30 bits per heavy atom. The summed E-state index contributed by atoms with van der Waals surface area (Å²) in [5.74, 6) is 0.376. The highest BCUT2D eigenvalue weighted by atomic mass is 16.5. The quantitative estimate of drug-likeness (QED) is 0.490. The second-order valence-corrected chi connectivity index (χ2v) is 6.19. The Hall–Kier alpha value is -2.82. The van der Waals surface area contributed by atoms with Crippen molar-refractivity contribution in [3.63, 3.8) is 0 Å². The first-order chi connectivity index (χ1) is 13.1. The Labute approximate surface area is 160 Å². The largest absolute Gasteiger partial charge is 0.494 e.